The molecule has 0 fully saturated rings. The van der Waals surface area contributed by atoms with Crippen LogP contribution >= 0.6 is 0 Å². The first kappa shape index (κ1) is 23.1. The van der Waals surface area contributed by atoms with Crippen LogP contribution in [0.15, 0.2) is 65.6 Å². The molecule has 1 atom stereocenters. The average Bonchev–Trinajstić information content (AvgIpc) is 2.78. The van der Waals surface area contributed by atoms with Gasteiger partial charge in [0.05, 0.1) is 10.9 Å². The second-order valence-corrected chi connectivity index (χ2v) is 10.5. The van der Waals surface area contributed by atoms with Crippen LogP contribution in [0.3, 0.4) is 0 Å². The molecule has 2 N–H and O–H groups in total. The van der Waals surface area contributed by atoms with Crippen LogP contribution in [0.5, 0.6) is 0 Å². The van der Waals surface area contributed by atoms with Gasteiger partial charge in [-0.3, -0.25) is 9.52 Å². The molecule has 0 saturated heterocycles. The Bertz CT molecular complexity index is 1300. The molecule has 172 valence electrons. The molecule has 1 aliphatic carbocycles. The van der Waals surface area contributed by atoms with E-state index in [1.807, 2.05) is 19.9 Å². The molecule has 33 heavy (non-hydrogen) atoms. The Hall–Kier alpha value is -3.12. The van der Waals surface area contributed by atoms with Crippen molar-refractivity contribution >= 4 is 21.6 Å². The summed E-state index contributed by atoms with van der Waals surface area (Å²) in [6.07, 6.45) is 4.63. The molecule has 0 bridgehead atoms. The van der Waals surface area contributed by atoms with Gasteiger partial charge in [0.25, 0.3) is 15.9 Å². The number of hydrogen-bond donors (Lipinski definition) is 2. The summed E-state index contributed by atoms with van der Waals surface area (Å²) in [5, 5.41) is 3.02. The molecule has 5 nitrogen and oxygen atoms in total. The van der Waals surface area contributed by atoms with Crippen molar-refractivity contribution in [1.82, 2.24) is 5.32 Å². The van der Waals surface area contributed by atoms with Gasteiger partial charge in [-0.15, -0.1) is 0 Å². The van der Waals surface area contributed by atoms with Gasteiger partial charge >= 0.3 is 0 Å². The Morgan fingerprint density at radius 3 is 2.42 bits per heavy atom. The molecular formula is C27H30N2O3S. The van der Waals surface area contributed by atoms with E-state index in [9.17, 15) is 13.2 Å². The van der Waals surface area contributed by atoms with Crippen LogP contribution in [0.25, 0.3) is 0 Å². The zero-order chi connectivity index (χ0) is 23.6. The lowest BCUT2D eigenvalue weighted by molar-refractivity contribution is 0.0939. The minimum absolute atomic E-state index is 0.0955. The quantitative estimate of drug-likeness (QED) is 0.510. The molecule has 4 rings (SSSR count). The third-order valence-corrected chi connectivity index (χ3v) is 7.75. The summed E-state index contributed by atoms with van der Waals surface area (Å²) in [4.78, 5) is 13.1. The fourth-order valence-electron chi connectivity index (χ4n) is 4.34. The maximum absolute atomic E-state index is 13.0. The van der Waals surface area contributed by atoms with Gasteiger partial charge in [-0.05, 0) is 98.5 Å². The molecule has 0 aromatic heterocycles. The Morgan fingerprint density at radius 2 is 1.67 bits per heavy atom. The lowest BCUT2D eigenvalue weighted by Gasteiger charge is -2.20. The Morgan fingerprint density at radius 1 is 0.909 bits per heavy atom. The number of fused-ring (bicyclic) bond motifs is 1. The Balaban J connectivity index is 1.53. The van der Waals surface area contributed by atoms with E-state index in [0.717, 1.165) is 24.0 Å². The summed E-state index contributed by atoms with van der Waals surface area (Å²) >= 11 is 0. The van der Waals surface area contributed by atoms with Crippen LogP contribution < -0.4 is 10.0 Å². The Labute approximate surface area is 196 Å². The number of nitrogens with one attached hydrogen (secondary N) is 2. The highest BCUT2D eigenvalue weighted by Crippen LogP contribution is 2.26. The molecule has 0 unspecified atom stereocenters. The molecule has 0 radical (unpaired) electrons. The van der Waals surface area contributed by atoms with E-state index in [-0.39, 0.29) is 16.8 Å². The molecule has 6 heteroatoms. The van der Waals surface area contributed by atoms with Gasteiger partial charge in [-0.2, -0.15) is 0 Å². The second kappa shape index (κ2) is 9.40. The van der Waals surface area contributed by atoms with Gasteiger partial charge in [0.2, 0.25) is 0 Å². The fraction of sp³-hybridized carbons (Fsp3) is 0.296. The topological polar surface area (TPSA) is 75.3 Å². The summed E-state index contributed by atoms with van der Waals surface area (Å²) in [5.41, 5.74) is 6.17. The molecule has 0 heterocycles. The van der Waals surface area contributed by atoms with Crippen molar-refractivity contribution in [2.75, 3.05) is 4.72 Å². The van der Waals surface area contributed by atoms with E-state index < -0.39 is 10.0 Å². The fourth-order valence-corrected chi connectivity index (χ4v) is 5.66. The predicted molar refractivity (Wildman–Crippen MR) is 132 cm³/mol. The summed E-state index contributed by atoms with van der Waals surface area (Å²) in [6.45, 7) is 5.58. The number of hydrogen-bond acceptors (Lipinski definition) is 3. The third-order valence-electron chi connectivity index (χ3n) is 6.23. The Kier molecular flexibility index (Phi) is 6.56. The van der Waals surface area contributed by atoms with E-state index in [0.29, 0.717) is 16.8 Å². The first-order chi connectivity index (χ1) is 15.7. The van der Waals surface area contributed by atoms with Crippen molar-refractivity contribution < 1.29 is 13.2 Å². The van der Waals surface area contributed by atoms with E-state index in [1.54, 1.807) is 37.3 Å². The predicted octanol–water partition coefficient (Wildman–Crippen LogP) is 5.47. The SMILES string of the molecule is Cc1cccc(NS(=O)(=O)c2cc(C(=O)N[C@@H](C)c3ccc4c(c3)CCCC4)ccc2C)c1. The zero-order valence-electron chi connectivity index (χ0n) is 19.3. The molecule has 0 aliphatic heterocycles. The summed E-state index contributed by atoms with van der Waals surface area (Å²) in [7, 11) is -3.84. The lowest BCUT2D eigenvalue weighted by atomic mass is 9.89. The number of anilines is 1. The second-order valence-electron chi connectivity index (χ2n) is 8.89. The maximum Gasteiger partial charge on any atom is 0.262 e. The maximum atomic E-state index is 13.0. The number of amides is 1. The highest BCUT2D eigenvalue weighted by atomic mass is 32.2. The molecule has 1 amide bonds. The molecule has 0 saturated carbocycles. The van der Waals surface area contributed by atoms with Crippen molar-refractivity contribution in [3.8, 4) is 0 Å². The van der Waals surface area contributed by atoms with Crippen LogP contribution in [0, 0.1) is 13.8 Å². The van der Waals surface area contributed by atoms with Crippen molar-refractivity contribution in [2.24, 2.45) is 0 Å². The van der Waals surface area contributed by atoms with Crippen molar-refractivity contribution in [3.63, 3.8) is 0 Å². The van der Waals surface area contributed by atoms with Gasteiger partial charge in [0.1, 0.15) is 0 Å². The molecule has 3 aromatic rings. The van der Waals surface area contributed by atoms with Gasteiger partial charge in [0, 0.05) is 11.3 Å². The number of carbonyl (C=O) groups is 1. The number of benzene rings is 3. The molecule has 1 aliphatic rings. The van der Waals surface area contributed by atoms with Crippen molar-refractivity contribution in [2.45, 2.75) is 57.4 Å². The number of carbonyl (C=O) groups excluding carboxylic acids is 1. The third kappa shape index (κ3) is 5.28. The minimum Gasteiger partial charge on any atom is -0.346 e. The largest absolute Gasteiger partial charge is 0.346 e. The summed E-state index contributed by atoms with van der Waals surface area (Å²) < 4.78 is 28.7. The van der Waals surface area contributed by atoms with Gasteiger partial charge in [0.15, 0.2) is 0 Å². The molecule has 3 aromatic carbocycles. The lowest BCUT2D eigenvalue weighted by Crippen LogP contribution is -2.27. The normalized spacial score (nSPS) is 14.3. The van der Waals surface area contributed by atoms with E-state index >= 15 is 0 Å². The standard InChI is InChI=1S/C27H30N2O3S/c1-18-7-6-10-25(15-18)29-33(31,32)26-17-24(12-11-19(26)2)27(30)28-20(3)22-14-13-21-8-4-5-9-23(21)16-22/h6-7,10-17,20,29H,4-5,8-9H2,1-3H3,(H,28,30)/t20-/m0/s1. The van der Waals surface area contributed by atoms with E-state index in [1.165, 1.54) is 30.0 Å². The van der Waals surface area contributed by atoms with Crippen LogP contribution in [0.1, 0.15) is 64.0 Å². The van der Waals surface area contributed by atoms with Gasteiger partial charge in [-0.1, -0.05) is 36.4 Å². The van der Waals surface area contributed by atoms with Crippen LogP contribution in [0.2, 0.25) is 0 Å². The number of rotatable bonds is 6. The van der Waals surface area contributed by atoms with Crippen LogP contribution in [-0.4, -0.2) is 14.3 Å². The zero-order valence-corrected chi connectivity index (χ0v) is 20.1. The van der Waals surface area contributed by atoms with Gasteiger partial charge < -0.3 is 5.32 Å². The first-order valence-electron chi connectivity index (χ1n) is 11.4. The average molecular weight is 463 g/mol. The monoisotopic (exact) mass is 462 g/mol. The highest BCUT2D eigenvalue weighted by Gasteiger charge is 2.21. The summed E-state index contributed by atoms with van der Waals surface area (Å²) in [5.74, 6) is -0.299. The smallest absolute Gasteiger partial charge is 0.262 e. The van der Waals surface area contributed by atoms with Crippen LogP contribution in [-0.2, 0) is 22.9 Å². The minimum atomic E-state index is -3.84. The molecular weight excluding hydrogens is 432 g/mol. The van der Waals surface area contributed by atoms with E-state index in [4.69, 9.17) is 0 Å². The highest BCUT2D eigenvalue weighted by molar-refractivity contribution is 7.92. The van der Waals surface area contributed by atoms with Crippen molar-refractivity contribution in [1.29, 1.82) is 0 Å². The van der Waals surface area contributed by atoms with Gasteiger partial charge in [-0.25, -0.2) is 8.42 Å². The molecule has 0 spiro atoms. The first-order valence-corrected chi connectivity index (χ1v) is 12.8. The number of sulfonamides is 1. The van der Waals surface area contributed by atoms with E-state index in [2.05, 4.69) is 28.2 Å². The van der Waals surface area contributed by atoms with Crippen molar-refractivity contribution in [3.05, 3.63) is 94.0 Å². The number of aryl methyl sites for hydroxylation is 4. The van der Waals surface area contributed by atoms with Crippen LogP contribution in [0.4, 0.5) is 5.69 Å². The summed E-state index contributed by atoms with van der Waals surface area (Å²) in [6, 6.07) is 18.2.